The highest BCUT2D eigenvalue weighted by Crippen LogP contribution is 2.28. The molecule has 0 aliphatic carbocycles. The van der Waals surface area contributed by atoms with Crippen molar-refractivity contribution in [3.8, 4) is 0 Å². The molecule has 0 saturated carbocycles. The summed E-state index contributed by atoms with van der Waals surface area (Å²) in [7, 11) is 0. The van der Waals surface area contributed by atoms with Crippen LogP contribution in [0.15, 0.2) is 24.3 Å². The van der Waals surface area contributed by atoms with Crippen LogP contribution in [0, 0.1) is 16.0 Å². The van der Waals surface area contributed by atoms with Gasteiger partial charge in [-0.15, -0.1) is 0 Å². The number of carbonyl (C=O) groups is 1. The zero-order valence-corrected chi connectivity index (χ0v) is 15.6. The summed E-state index contributed by atoms with van der Waals surface area (Å²) in [4.78, 5) is 29.9. The normalized spacial score (nSPS) is 20.8. The van der Waals surface area contributed by atoms with Gasteiger partial charge in [0.25, 0.3) is 5.69 Å². The lowest BCUT2D eigenvalue weighted by Gasteiger charge is -2.40. The molecule has 3 rings (SSSR count). The summed E-state index contributed by atoms with van der Waals surface area (Å²) in [5.41, 5.74) is 0.814. The number of piperidine rings is 1. The number of rotatable bonds is 4. The number of hydrogen-bond acceptors (Lipinski definition) is 5. The highest BCUT2D eigenvalue weighted by atomic mass is 16.6. The fraction of sp³-hybridized carbons (Fsp3) is 0.632. The number of carbonyl (C=O) groups excluding carboxylic acids is 1. The van der Waals surface area contributed by atoms with Crippen LogP contribution in [0.4, 0.5) is 11.4 Å². The van der Waals surface area contributed by atoms with Crippen LogP contribution in [0.2, 0.25) is 0 Å². The molecule has 1 atom stereocenters. The predicted octanol–water partition coefficient (Wildman–Crippen LogP) is 2.36. The molecule has 142 valence electrons. The van der Waals surface area contributed by atoms with Crippen molar-refractivity contribution >= 4 is 17.3 Å². The Morgan fingerprint density at radius 2 is 1.73 bits per heavy atom. The SMILES string of the molecule is CC1CCN(C(=O)[C@@H](C)N2CCN(c3ccccc3[N+](=O)[O-])CC2)CC1. The Kier molecular flexibility index (Phi) is 5.76. The van der Waals surface area contributed by atoms with Crippen molar-refractivity contribution in [1.29, 1.82) is 0 Å². The summed E-state index contributed by atoms with van der Waals surface area (Å²) in [6, 6.07) is 6.75. The lowest BCUT2D eigenvalue weighted by molar-refractivity contribution is -0.384. The maximum Gasteiger partial charge on any atom is 0.292 e. The number of likely N-dealkylation sites (tertiary alicyclic amines) is 1. The summed E-state index contributed by atoms with van der Waals surface area (Å²) >= 11 is 0. The molecule has 2 aliphatic rings. The number of nitro benzene ring substituents is 1. The topological polar surface area (TPSA) is 69.9 Å². The molecule has 0 N–H and O–H groups in total. The van der Waals surface area contributed by atoms with Crippen LogP contribution < -0.4 is 4.90 Å². The van der Waals surface area contributed by atoms with E-state index in [4.69, 9.17) is 0 Å². The molecule has 0 aromatic heterocycles. The Labute approximate surface area is 154 Å². The van der Waals surface area contributed by atoms with E-state index in [-0.39, 0.29) is 22.6 Å². The average molecular weight is 360 g/mol. The van der Waals surface area contributed by atoms with Crippen molar-refractivity contribution < 1.29 is 9.72 Å². The van der Waals surface area contributed by atoms with E-state index >= 15 is 0 Å². The van der Waals surface area contributed by atoms with Crippen LogP contribution in [-0.2, 0) is 4.79 Å². The predicted molar refractivity (Wildman–Crippen MR) is 101 cm³/mol. The van der Waals surface area contributed by atoms with Gasteiger partial charge in [0.05, 0.1) is 11.0 Å². The van der Waals surface area contributed by atoms with E-state index in [2.05, 4.69) is 16.7 Å². The molecule has 0 radical (unpaired) electrons. The second-order valence-electron chi connectivity index (χ2n) is 7.45. The zero-order chi connectivity index (χ0) is 18.7. The molecule has 2 saturated heterocycles. The van der Waals surface area contributed by atoms with Gasteiger partial charge in [-0.2, -0.15) is 0 Å². The number of benzene rings is 1. The van der Waals surface area contributed by atoms with Crippen LogP contribution in [-0.4, -0.2) is 65.9 Å². The van der Waals surface area contributed by atoms with Crippen molar-refractivity contribution in [3.63, 3.8) is 0 Å². The van der Waals surface area contributed by atoms with Crippen molar-refractivity contribution in [1.82, 2.24) is 9.80 Å². The quantitative estimate of drug-likeness (QED) is 0.609. The number of hydrogen-bond donors (Lipinski definition) is 0. The number of anilines is 1. The zero-order valence-electron chi connectivity index (χ0n) is 15.6. The van der Waals surface area contributed by atoms with Gasteiger partial charge in [0.15, 0.2) is 0 Å². The summed E-state index contributed by atoms with van der Waals surface area (Å²) in [6.07, 6.45) is 2.17. The Hall–Kier alpha value is -2.15. The maximum absolute atomic E-state index is 12.8. The summed E-state index contributed by atoms with van der Waals surface area (Å²) in [5, 5.41) is 11.2. The van der Waals surface area contributed by atoms with E-state index < -0.39 is 0 Å². The molecule has 0 bridgehead atoms. The standard InChI is InChI=1S/C19H28N4O3/c1-15-7-9-22(10-8-15)19(24)16(2)20-11-13-21(14-12-20)17-5-3-4-6-18(17)23(25)26/h3-6,15-16H,7-14H2,1-2H3/t16-/m1/s1. The summed E-state index contributed by atoms with van der Waals surface area (Å²) in [5.74, 6) is 0.926. The van der Waals surface area contributed by atoms with E-state index in [0.29, 0.717) is 24.7 Å². The van der Waals surface area contributed by atoms with Crippen molar-refractivity contribution in [2.24, 2.45) is 5.92 Å². The number of piperazine rings is 1. The third-order valence-corrected chi connectivity index (χ3v) is 5.73. The van der Waals surface area contributed by atoms with Crippen LogP contribution in [0.5, 0.6) is 0 Å². The van der Waals surface area contributed by atoms with Crippen LogP contribution >= 0.6 is 0 Å². The van der Waals surface area contributed by atoms with Gasteiger partial charge in [0.1, 0.15) is 5.69 Å². The lowest BCUT2D eigenvalue weighted by Crippen LogP contribution is -2.55. The second-order valence-corrected chi connectivity index (χ2v) is 7.45. The van der Waals surface area contributed by atoms with Gasteiger partial charge in [-0.25, -0.2) is 0 Å². The van der Waals surface area contributed by atoms with E-state index in [9.17, 15) is 14.9 Å². The third-order valence-electron chi connectivity index (χ3n) is 5.73. The Bertz CT molecular complexity index is 650. The fourth-order valence-corrected chi connectivity index (χ4v) is 3.89. The minimum Gasteiger partial charge on any atom is -0.363 e. The molecular formula is C19H28N4O3. The maximum atomic E-state index is 12.8. The van der Waals surface area contributed by atoms with Crippen molar-refractivity contribution in [2.75, 3.05) is 44.2 Å². The average Bonchev–Trinajstić information content (AvgIpc) is 2.67. The van der Waals surface area contributed by atoms with Gasteiger partial charge in [-0.05, 0) is 31.7 Å². The molecular weight excluding hydrogens is 332 g/mol. The van der Waals surface area contributed by atoms with E-state index in [1.807, 2.05) is 17.9 Å². The molecule has 2 fully saturated rings. The van der Waals surface area contributed by atoms with Crippen molar-refractivity contribution in [3.05, 3.63) is 34.4 Å². The van der Waals surface area contributed by atoms with Gasteiger partial charge in [-0.1, -0.05) is 19.1 Å². The number of amides is 1. The Morgan fingerprint density at radius 1 is 1.12 bits per heavy atom. The van der Waals surface area contributed by atoms with Crippen LogP contribution in [0.25, 0.3) is 0 Å². The molecule has 1 amide bonds. The van der Waals surface area contributed by atoms with Gasteiger partial charge in [0, 0.05) is 45.3 Å². The van der Waals surface area contributed by atoms with Gasteiger partial charge < -0.3 is 9.80 Å². The van der Waals surface area contributed by atoms with E-state index in [1.54, 1.807) is 18.2 Å². The molecule has 7 heteroatoms. The van der Waals surface area contributed by atoms with Gasteiger partial charge in [-0.3, -0.25) is 19.8 Å². The minimum atomic E-state index is -0.328. The van der Waals surface area contributed by atoms with Crippen LogP contribution in [0.3, 0.4) is 0 Å². The molecule has 0 unspecified atom stereocenters. The number of para-hydroxylation sites is 2. The Balaban J connectivity index is 1.58. The first-order valence-corrected chi connectivity index (χ1v) is 9.48. The van der Waals surface area contributed by atoms with Crippen molar-refractivity contribution in [2.45, 2.75) is 32.7 Å². The summed E-state index contributed by atoms with van der Waals surface area (Å²) in [6.45, 7) is 8.82. The third kappa shape index (κ3) is 3.98. The molecule has 1 aromatic carbocycles. The van der Waals surface area contributed by atoms with Gasteiger partial charge in [0.2, 0.25) is 5.91 Å². The highest BCUT2D eigenvalue weighted by Gasteiger charge is 2.31. The largest absolute Gasteiger partial charge is 0.363 e. The molecule has 2 heterocycles. The van der Waals surface area contributed by atoms with E-state index in [0.717, 1.165) is 39.0 Å². The molecule has 1 aromatic rings. The second kappa shape index (κ2) is 8.03. The fourth-order valence-electron chi connectivity index (χ4n) is 3.89. The molecule has 0 spiro atoms. The van der Waals surface area contributed by atoms with E-state index in [1.165, 1.54) is 0 Å². The monoisotopic (exact) mass is 360 g/mol. The number of nitro groups is 1. The first-order valence-electron chi connectivity index (χ1n) is 9.48. The smallest absolute Gasteiger partial charge is 0.292 e. The van der Waals surface area contributed by atoms with Crippen LogP contribution in [0.1, 0.15) is 26.7 Å². The Morgan fingerprint density at radius 3 is 2.35 bits per heavy atom. The highest BCUT2D eigenvalue weighted by molar-refractivity contribution is 5.81. The molecule has 7 nitrogen and oxygen atoms in total. The van der Waals surface area contributed by atoms with Gasteiger partial charge >= 0.3 is 0 Å². The first kappa shape index (κ1) is 18.6. The first-order chi connectivity index (χ1) is 12.5. The minimum absolute atomic E-state index is 0.128. The lowest BCUT2D eigenvalue weighted by atomic mass is 9.98. The summed E-state index contributed by atoms with van der Waals surface area (Å²) < 4.78 is 0. The molecule has 2 aliphatic heterocycles. The number of nitrogens with zero attached hydrogens (tertiary/aromatic N) is 4. The molecule has 26 heavy (non-hydrogen) atoms.